The molecule has 0 aliphatic heterocycles. The smallest absolute Gasteiger partial charge is 0.00521 e. The Labute approximate surface area is 83.6 Å². The third kappa shape index (κ3) is 0.608. The molecule has 0 nitrogen and oxygen atoms in total. The maximum Gasteiger partial charge on any atom is -0.00521 e. The van der Waals surface area contributed by atoms with E-state index in [0.717, 1.165) is 17.8 Å². The fraction of sp³-hybridized carbons (Fsp3) is 0.286. The van der Waals surface area contributed by atoms with Crippen molar-refractivity contribution in [3.63, 3.8) is 0 Å². The molecule has 1 fully saturated rings. The lowest BCUT2D eigenvalue weighted by Crippen LogP contribution is -1.86. The average Bonchev–Trinajstić information content (AvgIpc) is 2.74. The van der Waals surface area contributed by atoms with E-state index >= 15 is 0 Å². The highest BCUT2D eigenvalue weighted by Crippen LogP contribution is 2.67. The molecule has 0 amide bonds. The summed E-state index contributed by atoms with van der Waals surface area (Å²) in [6, 6.07) is 13.5. The van der Waals surface area contributed by atoms with Gasteiger partial charge >= 0.3 is 0 Å². The zero-order valence-corrected chi connectivity index (χ0v) is 8.20. The van der Waals surface area contributed by atoms with Crippen molar-refractivity contribution in [2.75, 3.05) is 0 Å². The summed E-state index contributed by atoms with van der Waals surface area (Å²) >= 11 is 0. The second-order valence-electron chi connectivity index (χ2n) is 4.70. The van der Waals surface area contributed by atoms with Gasteiger partial charge in [-0.3, -0.25) is 0 Å². The van der Waals surface area contributed by atoms with Gasteiger partial charge in [0.15, 0.2) is 0 Å². The van der Waals surface area contributed by atoms with E-state index in [1.165, 1.54) is 5.39 Å². The van der Waals surface area contributed by atoms with Crippen molar-refractivity contribution >= 4 is 10.8 Å². The second kappa shape index (κ2) is 2.03. The summed E-state index contributed by atoms with van der Waals surface area (Å²) in [5, 5.41) is 2.99. The summed E-state index contributed by atoms with van der Waals surface area (Å²) in [7, 11) is 0. The molecule has 0 aromatic heterocycles. The fourth-order valence-corrected chi connectivity index (χ4v) is 3.37. The Kier molecular flexibility index (Phi) is 1.02. The van der Waals surface area contributed by atoms with Crippen molar-refractivity contribution in [3.05, 3.63) is 47.5 Å². The van der Waals surface area contributed by atoms with Crippen LogP contribution in [0.4, 0.5) is 0 Å². The lowest BCUT2D eigenvalue weighted by molar-refractivity contribution is 0.890. The van der Waals surface area contributed by atoms with Crippen LogP contribution in [0.25, 0.3) is 10.8 Å². The maximum absolute atomic E-state index is 2.38. The molecular weight excluding hydrogens is 168 g/mol. The van der Waals surface area contributed by atoms with E-state index in [1.54, 1.807) is 16.5 Å². The fourth-order valence-electron chi connectivity index (χ4n) is 3.37. The first-order valence-electron chi connectivity index (χ1n) is 5.39. The highest BCUT2D eigenvalue weighted by Gasteiger charge is 2.53. The molecular formula is C14H12. The number of benzene rings is 2. The van der Waals surface area contributed by atoms with Crippen LogP contribution in [0.5, 0.6) is 0 Å². The van der Waals surface area contributed by atoms with Crippen LogP contribution in [-0.2, 0) is 0 Å². The molecule has 1 saturated carbocycles. The first-order valence-corrected chi connectivity index (χ1v) is 5.39. The van der Waals surface area contributed by atoms with Crippen LogP contribution in [-0.4, -0.2) is 0 Å². The molecule has 0 spiro atoms. The Morgan fingerprint density at radius 3 is 2.00 bits per heavy atom. The highest BCUT2D eigenvalue weighted by atomic mass is 14.6. The summed E-state index contributed by atoms with van der Waals surface area (Å²) in [6.07, 6.45) is 0. The molecule has 0 radical (unpaired) electrons. The number of rotatable bonds is 0. The monoisotopic (exact) mass is 180 g/mol. The van der Waals surface area contributed by atoms with Gasteiger partial charge in [0.2, 0.25) is 0 Å². The number of hydrogen-bond acceptors (Lipinski definition) is 0. The Hall–Kier alpha value is -1.30. The van der Waals surface area contributed by atoms with E-state index in [1.807, 2.05) is 0 Å². The predicted molar refractivity (Wildman–Crippen MR) is 58.6 cm³/mol. The van der Waals surface area contributed by atoms with Crippen LogP contribution in [0, 0.1) is 5.92 Å². The van der Waals surface area contributed by atoms with Gasteiger partial charge in [-0.2, -0.15) is 0 Å². The molecule has 14 heavy (non-hydrogen) atoms. The summed E-state index contributed by atoms with van der Waals surface area (Å²) in [5.41, 5.74) is 3.21. The van der Waals surface area contributed by atoms with Crippen LogP contribution < -0.4 is 0 Å². The van der Waals surface area contributed by atoms with E-state index < -0.39 is 0 Å². The molecule has 0 heteroatoms. The molecule has 2 aromatic carbocycles. The molecule has 0 unspecified atom stereocenters. The average molecular weight is 180 g/mol. The van der Waals surface area contributed by atoms with Gasteiger partial charge in [0, 0.05) is 0 Å². The zero-order chi connectivity index (χ0) is 9.28. The first kappa shape index (κ1) is 7.05. The van der Waals surface area contributed by atoms with Gasteiger partial charge < -0.3 is 0 Å². The van der Waals surface area contributed by atoms with E-state index in [0.29, 0.717) is 0 Å². The molecule has 0 N–H and O–H groups in total. The van der Waals surface area contributed by atoms with Crippen molar-refractivity contribution in [2.45, 2.75) is 18.8 Å². The van der Waals surface area contributed by atoms with Crippen molar-refractivity contribution in [1.29, 1.82) is 0 Å². The van der Waals surface area contributed by atoms with Crippen molar-refractivity contribution in [1.82, 2.24) is 0 Å². The Morgan fingerprint density at radius 1 is 0.857 bits per heavy atom. The minimum absolute atomic E-state index is 0.844. The van der Waals surface area contributed by atoms with Gasteiger partial charge in [0.05, 0.1) is 0 Å². The maximum atomic E-state index is 2.38. The molecule has 4 rings (SSSR count). The van der Waals surface area contributed by atoms with Gasteiger partial charge in [-0.25, -0.2) is 0 Å². The second-order valence-corrected chi connectivity index (χ2v) is 4.70. The lowest BCUT2D eigenvalue weighted by atomic mass is 9.99. The van der Waals surface area contributed by atoms with Gasteiger partial charge in [0.1, 0.15) is 0 Å². The van der Waals surface area contributed by atoms with Crippen LogP contribution >= 0.6 is 0 Å². The van der Waals surface area contributed by atoms with Crippen molar-refractivity contribution in [3.8, 4) is 0 Å². The SMILES string of the molecule is CC1[C@H]2c3cccc4cccc(c34)[C@H]12. The molecule has 68 valence electrons. The van der Waals surface area contributed by atoms with E-state index in [2.05, 4.69) is 43.3 Å². The quantitative estimate of drug-likeness (QED) is 0.580. The van der Waals surface area contributed by atoms with E-state index in [4.69, 9.17) is 0 Å². The Balaban J connectivity index is 2.19. The minimum atomic E-state index is 0.844. The normalized spacial score (nSPS) is 31.9. The molecule has 2 aromatic rings. The standard InChI is InChI=1S/C14H12/c1-8-12-10-6-2-4-9-5-3-7-11(13(8)12)14(9)10/h2-8,12-13H,1H3/t12-,13-/m0/s1. The molecule has 2 atom stereocenters. The van der Waals surface area contributed by atoms with Gasteiger partial charge in [-0.05, 0) is 39.7 Å². The Bertz CT molecular complexity index is 494. The van der Waals surface area contributed by atoms with Crippen molar-refractivity contribution < 1.29 is 0 Å². The topological polar surface area (TPSA) is 0 Å². The van der Waals surface area contributed by atoms with E-state index in [-0.39, 0.29) is 0 Å². The van der Waals surface area contributed by atoms with Gasteiger partial charge in [0.25, 0.3) is 0 Å². The zero-order valence-electron chi connectivity index (χ0n) is 8.20. The third-order valence-corrected chi connectivity index (χ3v) is 4.07. The van der Waals surface area contributed by atoms with Gasteiger partial charge in [-0.15, -0.1) is 0 Å². The molecule has 2 aliphatic carbocycles. The third-order valence-electron chi connectivity index (χ3n) is 4.07. The summed E-state index contributed by atoms with van der Waals surface area (Å²) in [4.78, 5) is 0. The predicted octanol–water partition coefficient (Wildman–Crippen LogP) is 3.67. The van der Waals surface area contributed by atoms with E-state index in [9.17, 15) is 0 Å². The molecule has 0 saturated heterocycles. The number of hydrogen-bond donors (Lipinski definition) is 0. The largest absolute Gasteiger partial charge is 0.0613 e. The highest BCUT2D eigenvalue weighted by molar-refractivity contribution is 5.94. The summed E-state index contributed by atoms with van der Waals surface area (Å²) in [6.45, 7) is 2.38. The van der Waals surface area contributed by atoms with Crippen LogP contribution in [0.1, 0.15) is 29.9 Å². The van der Waals surface area contributed by atoms with Crippen molar-refractivity contribution in [2.24, 2.45) is 5.92 Å². The first-order chi connectivity index (χ1) is 6.88. The summed E-state index contributed by atoms with van der Waals surface area (Å²) < 4.78 is 0. The molecule has 2 aliphatic rings. The lowest BCUT2D eigenvalue weighted by Gasteiger charge is -2.06. The van der Waals surface area contributed by atoms with Crippen LogP contribution in [0.3, 0.4) is 0 Å². The molecule has 0 heterocycles. The van der Waals surface area contributed by atoms with Crippen LogP contribution in [0.2, 0.25) is 0 Å². The number of fused-ring (bicyclic) bond motifs is 3. The Morgan fingerprint density at radius 2 is 1.43 bits per heavy atom. The summed E-state index contributed by atoms with van der Waals surface area (Å²) in [5.74, 6) is 2.57. The van der Waals surface area contributed by atoms with Gasteiger partial charge in [-0.1, -0.05) is 43.3 Å². The molecule has 0 bridgehead atoms. The minimum Gasteiger partial charge on any atom is -0.0613 e. The van der Waals surface area contributed by atoms with Crippen LogP contribution in [0.15, 0.2) is 36.4 Å².